The molecular weight excluding hydrogens is 283 g/mol. The molecule has 0 aliphatic heterocycles. The summed E-state index contributed by atoms with van der Waals surface area (Å²) >= 11 is 0. The molecule has 0 aliphatic rings. The van der Waals surface area contributed by atoms with Crippen LogP contribution in [0.5, 0.6) is 0 Å². The molecule has 0 saturated carbocycles. The zero-order valence-electron chi connectivity index (χ0n) is 12.7. The maximum absolute atomic E-state index is 13.2. The molecule has 0 atom stereocenters. The van der Waals surface area contributed by atoms with Gasteiger partial charge in [-0.25, -0.2) is 14.4 Å². The highest BCUT2D eigenvalue weighted by atomic mass is 19.1. The van der Waals surface area contributed by atoms with Gasteiger partial charge in [-0.15, -0.1) is 0 Å². The van der Waals surface area contributed by atoms with E-state index in [0.29, 0.717) is 12.1 Å². The number of nitrogens with zero attached hydrogens (tertiary/aromatic N) is 4. The van der Waals surface area contributed by atoms with Gasteiger partial charge >= 0.3 is 0 Å². The Morgan fingerprint density at radius 2 is 2.09 bits per heavy atom. The molecule has 0 N–H and O–H groups in total. The standard InChI is InChI=1S/C16H17FN4O/c1-10(2)16-18-7-6-15(19-16)21(3)9-13-12-5-4-11(17)8-14(12)22-20-13/h4-8,10H,9H2,1-3H3. The van der Waals surface area contributed by atoms with Crippen molar-refractivity contribution in [3.8, 4) is 0 Å². The molecule has 22 heavy (non-hydrogen) atoms. The van der Waals surface area contributed by atoms with Gasteiger partial charge in [-0.05, 0) is 18.2 Å². The largest absolute Gasteiger partial charge is 0.356 e. The van der Waals surface area contributed by atoms with Crippen LogP contribution in [0.1, 0.15) is 31.3 Å². The number of anilines is 1. The Bertz CT molecular complexity index is 800. The van der Waals surface area contributed by atoms with E-state index in [2.05, 4.69) is 29.0 Å². The van der Waals surface area contributed by atoms with Crippen LogP contribution in [0.2, 0.25) is 0 Å². The van der Waals surface area contributed by atoms with Crippen LogP contribution in [0.4, 0.5) is 10.2 Å². The average Bonchev–Trinajstić information content (AvgIpc) is 2.89. The van der Waals surface area contributed by atoms with Crippen molar-refractivity contribution >= 4 is 16.8 Å². The smallest absolute Gasteiger partial charge is 0.170 e. The highest BCUT2D eigenvalue weighted by Crippen LogP contribution is 2.22. The Kier molecular flexibility index (Phi) is 3.75. The van der Waals surface area contributed by atoms with E-state index in [0.717, 1.165) is 22.7 Å². The maximum Gasteiger partial charge on any atom is 0.170 e. The molecule has 0 aliphatic carbocycles. The number of benzene rings is 1. The van der Waals surface area contributed by atoms with E-state index in [4.69, 9.17) is 4.52 Å². The third-order valence-electron chi connectivity index (χ3n) is 3.46. The first-order chi connectivity index (χ1) is 10.5. The van der Waals surface area contributed by atoms with Crippen LogP contribution >= 0.6 is 0 Å². The molecule has 114 valence electrons. The fourth-order valence-corrected chi connectivity index (χ4v) is 2.24. The van der Waals surface area contributed by atoms with E-state index in [9.17, 15) is 4.39 Å². The van der Waals surface area contributed by atoms with Crippen molar-refractivity contribution in [2.75, 3.05) is 11.9 Å². The summed E-state index contributed by atoms with van der Waals surface area (Å²) in [5.41, 5.74) is 1.20. The second kappa shape index (κ2) is 5.71. The lowest BCUT2D eigenvalue weighted by Crippen LogP contribution is -2.19. The summed E-state index contributed by atoms with van der Waals surface area (Å²) in [5, 5.41) is 4.84. The Hall–Kier alpha value is -2.50. The molecule has 1 aromatic carbocycles. The van der Waals surface area contributed by atoms with Crippen LogP contribution in [0, 0.1) is 5.82 Å². The molecule has 0 amide bonds. The lowest BCUT2D eigenvalue weighted by Gasteiger charge is -2.17. The van der Waals surface area contributed by atoms with Crippen molar-refractivity contribution in [2.45, 2.75) is 26.3 Å². The first-order valence-electron chi connectivity index (χ1n) is 7.12. The number of aromatic nitrogens is 3. The van der Waals surface area contributed by atoms with Gasteiger partial charge in [-0.1, -0.05) is 19.0 Å². The summed E-state index contributed by atoms with van der Waals surface area (Å²) in [7, 11) is 1.93. The molecular formula is C16H17FN4O. The third kappa shape index (κ3) is 2.77. The molecule has 0 unspecified atom stereocenters. The number of hydrogen-bond donors (Lipinski definition) is 0. The van der Waals surface area contributed by atoms with E-state index in [1.54, 1.807) is 12.3 Å². The van der Waals surface area contributed by atoms with Crippen LogP contribution in [0.15, 0.2) is 35.0 Å². The molecule has 6 heteroatoms. The zero-order chi connectivity index (χ0) is 15.7. The van der Waals surface area contributed by atoms with Crippen LogP contribution in [-0.2, 0) is 6.54 Å². The molecule has 0 spiro atoms. The minimum Gasteiger partial charge on any atom is -0.356 e. The lowest BCUT2D eigenvalue weighted by molar-refractivity contribution is 0.444. The Balaban J connectivity index is 1.86. The van der Waals surface area contributed by atoms with Gasteiger partial charge in [0.2, 0.25) is 0 Å². The van der Waals surface area contributed by atoms with Crippen molar-refractivity contribution in [3.63, 3.8) is 0 Å². The van der Waals surface area contributed by atoms with Gasteiger partial charge in [0.25, 0.3) is 0 Å². The summed E-state index contributed by atoms with van der Waals surface area (Å²) in [4.78, 5) is 10.8. The molecule has 2 aromatic heterocycles. The second-order valence-corrected chi connectivity index (χ2v) is 5.55. The van der Waals surface area contributed by atoms with Gasteiger partial charge in [0.15, 0.2) is 5.58 Å². The highest BCUT2D eigenvalue weighted by molar-refractivity contribution is 5.79. The van der Waals surface area contributed by atoms with Crippen LogP contribution in [0.25, 0.3) is 11.0 Å². The predicted molar refractivity (Wildman–Crippen MR) is 82.2 cm³/mol. The Morgan fingerprint density at radius 1 is 1.27 bits per heavy atom. The summed E-state index contributed by atoms with van der Waals surface area (Å²) in [6, 6.07) is 6.29. The van der Waals surface area contributed by atoms with Crippen molar-refractivity contribution in [1.82, 2.24) is 15.1 Å². The lowest BCUT2D eigenvalue weighted by atomic mass is 10.2. The molecule has 3 aromatic rings. The van der Waals surface area contributed by atoms with Gasteiger partial charge < -0.3 is 9.42 Å². The number of halogens is 1. The minimum atomic E-state index is -0.332. The second-order valence-electron chi connectivity index (χ2n) is 5.55. The summed E-state index contributed by atoms with van der Waals surface area (Å²) in [6.07, 6.45) is 1.75. The van der Waals surface area contributed by atoms with Crippen molar-refractivity contribution in [3.05, 3.63) is 47.8 Å². The van der Waals surface area contributed by atoms with Crippen molar-refractivity contribution in [2.24, 2.45) is 0 Å². The normalized spacial score (nSPS) is 11.3. The monoisotopic (exact) mass is 300 g/mol. The van der Waals surface area contributed by atoms with Crippen LogP contribution < -0.4 is 4.90 Å². The third-order valence-corrected chi connectivity index (χ3v) is 3.46. The number of rotatable bonds is 4. The van der Waals surface area contributed by atoms with Gasteiger partial charge in [0.1, 0.15) is 23.2 Å². The summed E-state index contributed by atoms with van der Waals surface area (Å²) < 4.78 is 18.4. The molecule has 0 saturated heterocycles. The Morgan fingerprint density at radius 3 is 2.86 bits per heavy atom. The van der Waals surface area contributed by atoms with Gasteiger partial charge in [-0.3, -0.25) is 0 Å². The van der Waals surface area contributed by atoms with Gasteiger partial charge in [0, 0.05) is 30.6 Å². The van der Waals surface area contributed by atoms with E-state index in [-0.39, 0.29) is 11.7 Å². The fourth-order valence-electron chi connectivity index (χ4n) is 2.24. The molecule has 0 bridgehead atoms. The first-order valence-corrected chi connectivity index (χ1v) is 7.12. The van der Waals surface area contributed by atoms with Crippen molar-refractivity contribution < 1.29 is 8.91 Å². The van der Waals surface area contributed by atoms with Crippen LogP contribution in [-0.4, -0.2) is 22.2 Å². The fraction of sp³-hybridized carbons (Fsp3) is 0.312. The van der Waals surface area contributed by atoms with Gasteiger partial charge in [-0.2, -0.15) is 0 Å². The van der Waals surface area contributed by atoms with E-state index < -0.39 is 0 Å². The maximum atomic E-state index is 13.2. The highest BCUT2D eigenvalue weighted by Gasteiger charge is 2.13. The van der Waals surface area contributed by atoms with E-state index in [1.807, 2.05) is 18.0 Å². The van der Waals surface area contributed by atoms with Crippen LogP contribution in [0.3, 0.4) is 0 Å². The van der Waals surface area contributed by atoms with Gasteiger partial charge in [0.05, 0.1) is 6.54 Å². The SMILES string of the molecule is CC(C)c1nccc(N(C)Cc2noc3cc(F)ccc23)n1. The molecule has 5 nitrogen and oxygen atoms in total. The minimum absolute atomic E-state index is 0.268. The quantitative estimate of drug-likeness (QED) is 0.738. The predicted octanol–water partition coefficient (Wildman–Crippen LogP) is 3.52. The molecule has 3 rings (SSSR count). The van der Waals surface area contributed by atoms with E-state index >= 15 is 0 Å². The molecule has 0 fully saturated rings. The average molecular weight is 300 g/mol. The first kappa shape index (κ1) is 14.4. The van der Waals surface area contributed by atoms with Crippen molar-refractivity contribution in [1.29, 1.82) is 0 Å². The topological polar surface area (TPSA) is 55.1 Å². The Labute approximate surface area is 127 Å². The number of hydrogen-bond acceptors (Lipinski definition) is 5. The molecule has 2 heterocycles. The number of fused-ring (bicyclic) bond motifs is 1. The summed E-state index contributed by atoms with van der Waals surface area (Å²) in [6.45, 7) is 4.63. The zero-order valence-corrected chi connectivity index (χ0v) is 12.7. The molecule has 0 radical (unpaired) electrons. The summed E-state index contributed by atoms with van der Waals surface area (Å²) in [5.74, 6) is 1.55. The van der Waals surface area contributed by atoms with E-state index in [1.165, 1.54) is 12.1 Å².